The van der Waals surface area contributed by atoms with Gasteiger partial charge in [0.05, 0.1) is 0 Å². The Morgan fingerprint density at radius 3 is 2.62 bits per heavy atom. The third-order valence-corrected chi connectivity index (χ3v) is 3.49. The summed E-state index contributed by atoms with van der Waals surface area (Å²) in [6, 6.07) is 10.6. The number of likely N-dealkylation sites (N-methyl/N-ethyl adjacent to an activating group) is 1. The molecule has 114 valence electrons. The molecule has 0 radical (unpaired) electrons. The minimum Gasteiger partial charge on any atom is -0.339 e. The van der Waals surface area contributed by atoms with Crippen LogP contribution in [-0.4, -0.2) is 16.7 Å². The summed E-state index contributed by atoms with van der Waals surface area (Å²) in [6.45, 7) is 7.43. The van der Waals surface area contributed by atoms with Gasteiger partial charge in [0.2, 0.25) is 5.89 Å². The van der Waals surface area contributed by atoms with Crippen molar-refractivity contribution in [2.45, 2.75) is 46.1 Å². The SMILES string of the molecule is CCNC(Cc1nc(CCC(C)C)no1)c1ccccc1. The van der Waals surface area contributed by atoms with Crippen LogP contribution in [0.15, 0.2) is 34.9 Å². The van der Waals surface area contributed by atoms with E-state index in [1.54, 1.807) is 0 Å². The second-order valence-electron chi connectivity index (χ2n) is 5.76. The summed E-state index contributed by atoms with van der Waals surface area (Å²) < 4.78 is 5.39. The lowest BCUT2D eigenvalue weighted by atomic mass is 10.0. The van der Waals surface area contributed by atoms with E-state index in [0.717, 1.165) is 31.6 Å². The van der Waals surface area contributed by atoms with Gasteiger partial charge in [-0.25, -0.2) is 0 Å². The maximum Gasteiger partial charge on any atom is 0.228 e. The molecule has 1 N–H and O–H groups in total. The van der Waals surface area contributed by atoms with Crippen molar-refractivity contribution in [2.24, 2.45) is 5.92 Å². The molecule has 4 heteroatoms. The van der Waals surface area contributed by atoms with Gasteiger partial charge in [0.15, 0.2) is 5.82 Å². The second kappa shape index (κ2) is 7.93. The molecule has 1 atom stereocenters. The number of aryl methyl sites for hydroxylation is 1. The molecule has 0 bridgehead atoms. The number of rotatable bonds is 8. The van der Waals surface area contributed by atoms with Gasteiger partial charge in [-0.1, -0.05) is 56.3 Å². The van der Waals surface area contributed by atoms with E-state index in [4.69, 9.17) is 4.52 Å². The molecule has 0 saturated heterocycles. The number of hydrogen-bond donors (Lipinski definition) is 1. The van der Waals surface area contributed by atoms with Crippen LogP contribution in [0.25, 0.3) is 0 Å². The predicted molar refractivity (Wildman–Crippen MR) is 84.0 cm³/mol. The highest BCUT2D eigenvalue weighted by Crippen LogP contribution is 2.17. The van der Waals surface area contributed by atoms with Crippen molar-refractivity contribution in [3.63, 3.8) is 0 Å². The van der Waals surface area contributed by atoms with Crippen molar-refractivity contribution in [1.29, 1.82) is 0 Å². The number of benzene rings is 1. The molecule has 0 fully saturated rings. The molecule has 0 aliphatic carbocycles. The molecule has 4 nitrogen and oxygen atoms in total. The molecule has 1 unspecified atom stereocenters. The van der Waals surface area contributed by atoms with Crippen molar-refractivity contribution < 1.29 is 4.52 Å². The normalized spacial score (nSPS) is 12.8. The molecule has 0 aliphatic heterocycles. The first-order valence-electron chi connectivity index (χ1n) is 7.78. The first-order chi connectivity index (χ1) is 10.2. The standard InChI is InChI=1S/C17H25N3O/c1-4-18-15(14-8-6-5-7-9-14)12-17-19-16(20-21-17)11-10-13(2)3/h5-9,13,15,18H,4,10-12H2,1-3H3. The Hall–Kier alpha value is -1.68. The maximum atomic E-state index is 5.39. The van der Waals surface area contributed by atoms with Crippen molar-refractivity contribution in [2.75, 3.05) is 6.54 Å². The quantitative estimate of drug-likeness (QED) is 0.806. The highest BCUT2D eigenvalue weighted by molar-refractivity contribution is 5.19. The fourth-order valence-electron chi connectivity index (χ4n) is 2.31. The molecule has 0 spiro atoms. The van der Waals surface area contributed by atoms with Crippen LogP contribution >= 0.6 is 0 Å². The third kappa shape index (κ3) is 4.97. The zero-order valence-corrected chi connectivity index (χ0v) is 13.2. The number of nitrogens with zero attached hydrogens (tertiary/aromatic N) is 2. The highest BCUT2D eigenvalue weighted by atomic mass is 16.5. The van der Waals surface area contributed by atoms with Crippen LogP contribution in [0.2, 0.25) is 0 Å². The smallest absolute Gasteiger partial charge is 0.228 e. The van der Waals surface area contributed by atoms with E-state index >= 15 is 0 Å². The maximum absolute atomic E-state index is 5.39. The van der Waals surface area contributed by atoms with Crippen LogP contribution in [0.5, 0.6) is 0 Å². The topological polar surface area (TPSA) is 51.0 Å². The molecular weight excluding hydrogens is 262 g/mol. The summed E-state index contributed by atoms with van der Waals surface area (Å²) in [5.74, 6) is 2.19. The molecule has 1 aromatic carbocycles. The minimum atomic E-state index is 0.217. The highest BCUT2D eigenvalue weighted by Gasteiger charge is 2.15. The van der Waals surface area contributed by atoms with E-state index in [-0.39, 0.29) is 6.04 Å². The van der Waals surface area contributed by atoms with E-state index in [1.165, 1.54) is 5.56 Å². The second-order valence-corrected chi connectivity index (χ2v) is 5.76. The molecule has 0 saturated carbocycles. The van der Waals surface area contributed by atoms with Gasteiger partial charge in [-0.05, 0) is 24.4 Å². The average Bonchev–Trinajstić information content (AvgIpc) is 2.93. The zero-order valence-electron chi connectivity index (χ0n) is 13.2. The molecule has 1 aromatic heterocycles. The number of nitrogens with one attached hydrogen (secondary N) is 1. The lowest BCUT2D eigenvalue weighted by molar-refractivity contribution is 0.354. The number of hydrogen-bond acceptors (Lipinski definition) is 4. The lowest BCUT2D eigenvalue weighted by Crippen LogP contribution is -2.23. The van der Waals surface area contributed by atoms with E-state index in [2.05, 4.69) is 60.5 Å². The molecule has 2 rings (SSSR count). The van der Waals surface area contributed by atoms with Crippen LogP contribution < -0.4 is 5.32 Å². The van der Waals surface area contributed by atoms with Crippen LogP contribution in [0.1, 0.15) is 50.5 Å². The summed E-state index contributed by atoms with van der Waals surface area (Å²) in [5.41, 5.74) is 1.25. The summed E-state index contributed by atoms with van der Waals surface area (Å²) in [4.78, 5) is 4.51. The van der Waals surface area contributed by atoms with Gasteiger partial charge in [-0.2, -0.15) is 4.98 Å². The molecule has 0 aliphatic rings. The van der Waals surface area contributed by atoms with E-state index in [1.807, 2.05) is 6.07 Å². The van der Waals surface area contributed by atoms with Gasteiger partial charge < -0.3 is 9.84 Å². The van der Waals surface area contributed by atoms with Crippen molar-refractivity contribution >= 4 is 0 Å². The van der Waals surface area contributed by atoms with Gasteiger partial charge in [0.1, 0.15) is 0 Å². The lowest BCUT2D eigenvalue weighted by Gasteiger charge is -2.16. The first kappa shape index (κ1) is 15.7. The van der Waals surface area contributed by atoms with Crippen molar-refractivity contribution in [3.05, 3.63) is 47.6 Å². The summed E-state index contributed by atoms with van der Waals surface area (Å²) in [7, 11) is 0. The molecule has 21 heavy (non-hydrogen) atoms. The Morgan fingerprint density at radius 2 is 1.95 bits per heavy atom. The van der Waals surface area contributed by atoms with E-state index < -0.39 is 0 Å². The van der Waals surface area contributed by atoms with Gasteiger partial charge in [-0.3, -0.25) is 0 Å². The van der Waals surface area contributed by atoms with E-state index in [9.17, 15) is 0 Å². The fourth-order valence-corrected chi connectivity index (χ4v) is 2.31. The number of aromatic nitrogens is 2. The third-order valence-electron chi connectivity index (χ3n) is 3.49. The molecule has 2 aromatic rings. The van der Waals surface area contributed by atoms with Crippen molar-refractivity contribution in [1.82, 2.24) is 15.5 Å². The monoisotopic (exact) mass is 287 g/mol. The van der Waals surface area contributed by atoms with Crippen LogP contribution in [0.3, 0.4) is 0 Å². The summed E-state index contributed by atoms with van der Waals surface area (Å²) in [5, 5.41) is 7.56. The predicted octanol–water partition coefficient (Wildman–Crippen LogP) is 3.55. The van der Waals surface area contributed by atoms with E-state index in [0.29, 0.717) is 11.8 Å². The molecule has 1 heterocycles. The van der Waals surface area contributed by atoms with Crippen LogP contribution in [0, 0.1) is 5.92 Å². The van der Waals surface area contributed by atoms with Gasteiger partial charge in [0, 0.05) is 18.9 Å². The fraction of sp³-hybridized carbons (Fsp3) is 0.529. The van der Waals surface area contributed by atoms with Gasteiger partial charge in [0.25, 0.3) is 0 Å². The van der Waals surface area contributed by atoms with Crippen LogP contribution in [0.4, 0.5) is 0 Å². The summed E-state index contributed by atoms with van der Waals surface area (Å²) in [6.07, 6.45) is 2.71. The Kier molecular flexibility index (Phi) is 5.93. The Labute approximate surface area is 127 Å². The molecule has 0 amide bonds. The van der Waals surface area contributed by atoms with Gasteiger partial charge in [-0.15, -0.1) is 0 Å². The average molecular weight is 287 g/mol. The minimum absolute atomic E-state index is 0.217. The summed E-state index contributed by atoms with van der Waals surface area (Å²) >= 11 is 0. The van der Waals surface area contributed by atoms with Crippen LogP contribution in [-0.2, 0) is 12.8 Å². The Bertz CT molecular complexity index is 522. The van der Waals surface area contributed by atoms with Gasteiger partial charge >= 0.3 is 0 Å². The zero-order chi connectivity index (χ0) is 15.1. The molecular formula is C17H25N3O. The largest absolute Gasteiger partial charge is 0.339 e. The Balaban J connectivity index is 2.00. The van der Waals surface area contributed by atoms with Crippen molar-refractivity contribution in [3.8, 4) is 0 Å². The first-order valence-corrected chi connectivity index (χ1v) is 7.78. The Morgan fingerprint density at radius 1 is 1.19 bits per heavy atom.